The van der Waals surface area contributed by atoms with E-state index in [1.54, 1.807) is 0 Å². The first-order chi connectivity index (χ1) is 9.65. The van der Waals surface area contributed by atoms with Gasteiger partial charge in [0.05, 0.1) is 0 Å². The first-order valence-electron chi connectivity index (χ1n) is 6.70. The largest absolute Gasteiger partial charge is 0.486 e. The van der Waals surface area contributed by atoms with Gasteiger partial charge in [-0.25, -0.2) is 0 Å². The Balaban J connectivity index is 0.00000161. The zero-order valence-corrected chi connectivity index (χ0v) is 13.8. The molecule has 1 aromatic rings. The van der Waals surface area contributed by atoms with Crippen LogP contribution in [0.1, 0.15) is 18.4 Å². The van der Waals surface area contributed by atoms with E-state index in [0.29, 0.717) is 19.8 Å². The summed E-state index contributed by atoms with van der Waals surface area (Å²) >= 11 is 3.53. The highest BCUT2D eigenvalue weighted by molar-refractivity contribution is 9.10. The maximum absolute atomic E-state index is 11.2. The summed E-state index contributed by atoms with van der Waals surface area (Å²) in [4.78, 5) is 13.2. The van der Waals surface area contributed by atoms with E-state index >= 15 is 0 Å². The Bertz CT molecular complexity index is 540. The van der Waals surface area contributed by atoms with Crippen LogP contribution < -0.4 is 9.47 Å². The van der Waals surface area contributed by atoms with Gasteiger partial charge in [0, 0.05) is 11.0 Å². The highest BCUT2D eigenvalue weighted by Crippen LogP contribution is 2.36. The number of nitrogens with zero attached hydrogens (tertiary/aromatic N) is 1. The standard InChI is InChI=1S/C14H16BrNO4.ClH/c15-10-7-13-12(19-4-5-20-13)6-9(10)8-16-3-1-2-11(16)14(17)18;/h6-7,11H,1-5,8H2,(H,17,18);1H/t11-;/m1./s1. The Hall–Kier alpha value is -0.980. The average molecular weight is 379 g/mol. The molecule has 2 aliphatic heterocycles. The van der Waals surface area contributed by atoms with Crippen molar-refractivity contribution in [3.8, 4) is 11.5 Å². The number of carboxylic acid groups (broad SMARTS) is 1. The molecule has 2 heterocycles. The minimum absolute atomic E-state index is 0. The Kier molecular flexibility index (Phi) is 5.35. The third-order valence-corrected chi connectivity index (χ3v) is 4.47. The van der Waals surface area contributed by atoms with Crippen LogP contribution in [0, 0.1) is 0 Å². The monoisotopic (exact) mass is 377 g/mol. The fourth-order valence-electron chi connectivity index (χ4n) is 2.74. The number of halogens is 2. The molecule has 0 unspecified atom stereocenters. The molecule has 0 aromatic heterocycles. The second-order valence-corrected chi connectivity index (χ2v) is 5.91. The van der Waals surface area contributed by atoms with Crippen molar-refractivity contribution in [1.29, 1.82) is 0 Å². The topological polar surface area (TPSA) is 59.0 Å². The summed E-state index contributed by atoms with van der Waals surface area (Å²) in [5, 5.41) is 9.22. The molecular weight excluding hydrogens is 362 g/mol. The van der Waals surface area contributed by atoms with Gasteiger partial charge in [0.1, 0.15) is 19.3 Å². The number of hydrogen-bond donors (Lipinski definition) is 1. The minimum atomic E-state index is -0.740. The molecule has 1 saturated heterocycles. The van der Waals surface area contributed by atoms with E-state index < -0.39 is 5.97 Å². The normalized spacial score (nSPS) is 20.9. The fraction of sp³-hybridized carbons (Fsp3) is 0.500. The third-order valence-electron chi connectivity index (χ3n) is 3.73. The van der Waals surface area contributed by atoms with Gasteiger partial charge in [0.2, 0.25) is 0 Å². The zero-order chi connectivity index (χ0) is 14.1. The number of rotatable bonds is 3. The number of hydrogen-bond acceptors (Lipinski definition) is 4. The maximum atomic E-state index is 11.2. The van der Waals surface area contributed by atoms with Gasteiger partial charge in [-0.2, -0.15) is 0 Å². The highest BCUT2D eigenvalue weighted by atomic mass is 79.9. The Labute approximate surface area is 137 Å². The van der Waals surface area contributed by atoms with Crippen LogP contribution in [-0.2, 0) is 11.3 Å². The lowest BCUT2D eigenvalue weighted by atomic mass is 10.1. The summed E-state index contributed by atoms with van der Waals surface area (Å²) in [6.07, 6.45) is 1.65. The number of fused-ring (bicyclic) bond motifs is 1. The molecule has 0 saturated carbocycles. The Morgan fingerprint density at radius 3 is 2.67 bits per heavy atom. The van der Waals surface area contributed by atoms with E-state index in [1.165, 1.54) is 0 Å². The van der Waals surface area contributed by atoms with Crippen molar-refractivity contribution in [1.82, 2.24) is 4.90 Å². The smallest absolute Gasteiger partial charge is 0.320 e. The number of carbonyl (C=O) groups is 1. The first-order valence-corrected chi connectivity index (χ1v) is 7.49. The molecule has 1 N–H and O–H groups in total. The van der Waals surface area contributed by atoms with Crippen LogP contribution in [0.3, 0.4) is 0 Å². The maximum Gasteiger partial charge on any atom is 0.320 e. The Morgan fingerprint density at radius 2 is 2.00 bits per heavy atom. The predicted molar refractivity (Wildman–Crippen MR) is 83.4 cm³/mol. The lowest BCUT2D eigenvalue weighted by Gasteiger charge is -2.24. The molecule has 2 aliphatic rings. The first kappa shape index (κ1) is 16.4. The van der Waals surface area contributed by atoms with Crippen LogP contribution in [0.4, 0.5) is 0 Å². The molecule has 0 aliphatic carbocycles. The van der Waals surface area contributed by atoms with Crippen molar-refractivity contribution in [2.45, 2.75) is 25.4 Å². The molecule has 1 fully saturated rings. The van der Waals surface area contributed by atoms with Crippen molar-refractivity contribution in [3.05, 3.63) is 22.2 Å². The van der Waals surface area contributed by atoms with E-state index in [9.17, 15) is 9.90 Å². The van der Waals surface area contributed by atoms with E-state index in [1.807, 2.05) is 17.0 Å². The van der Waals surface area contributed by atoms with E-state index in [0.717, 1.165) is 40.9 Å². The van der Waals surface area contributed by atoms with Crippen LogP contribution in [0.2, 0.25) is 0 Å². The van der Waals surface area contributed by atoms with Gasteiger partial charge >= 0.3 is 5.97 Å². The highest BCUT2D eigenvalue weighted by Gasteiger charge is 2.31. The van der Waals surface area contributed by atoms with Gasteiger partial charge in [-0.05, 0) is 37.1 Å². The molecule has 21 heavy (non-hydrogen) atoms. The van der Waals surface area contributed by atoms with Crippen molar-refractivity contribution in [3.63, 3.8) is 0 Å². The summed E-state index contributed by atoms with van der Waals surface area (Å²) in [6.45, 7) is 2.54. The van der Waals surface area contributed by atoms with Gasteiger partial charge < -0.3 is 14.6 Å². The van der Waals surface area contributed by atoms with Crippen LogP contribution >= 0.6 is 28.3 Å². The molecule has 0 radical (unpaired) electrons. The second kappa shape index (κ2) is 6.85. The molecule has 3 rings (SSSR count). The van der Waals surface area contributed by atoms with Gasteiger partial charge in [-0.3, -0.25) is 9.69 Å². The van der Waals surface area contributed by atoms with Crippen LogP contribution in [0.5, 0.6) is 11.5 Å². The summed E-state index contributed by atoms with van der Waals surface area (Å²) in [6, 6.07) is 3.46. The number of likely N-dealkylation sites (tertiary alicyclic amines) is 1. The van der Waals surface area contributed by atoms with E-state index in [4.69, 9.17) is 9.47 Å². The van der Waals surface area contributed by atoms with Crippen molar-refractivity contribution < 1.29 is 19.4 Å². The second-order valence-electron chi connectivity index (χ2n) is 5.05. The van der Waals surface area contributed by atoms with Crippen molar-refractivity contribution in [2.24, 2.45) is 0 Å². The van der Waals surface area contributed by atoms with Crippen molar-refractivity contribution in [2.75, 3.05) is 19.8 Å². The summed E-state index contributed by atoms with van der Waals surface area (Å²) < 4.78 is 12.0. The number of benzene rings is 1. The predicted octanol–water partition coefficient (Wildman–Crippen LogP) is 2.69. The summed E-state index contributed by atoms with van der Waals surface area (Å²) in [5.41, 5.74) is 1.03. The fourth-order valence-corrected chi connectivity index (χ4v) is 3.19. The number of ether oxygens (including phenoxy) is 2. The zero-order valence-electron chi connectivity index (χ0n) is 11.4. The summed E-state index contributed by atoms with van der Waals surface area (Å²) in [7, 11) is 0. The van der Waals surface area contributed by atoms with Crippen LogP contribution in [0.25, 0.3) is 0 Å². The molecule has 7 heteroatoms. The number of aliphatic carboxylic acids is 1. The lowest BCUT2D eigenvalue weighted by Crippen LogP contribution is -2.35. The third kappa shape index (κ3) is 3.44. The van der Waals surface area contributed by atoms with E-state index in [2.05, 4.69) is 15.9 Å². The molecule has 116 valence electrons. The number of carboxylic acids is 1. The van der Waals surface area contributed by atoms with Crippen LogP contribution in [-0.4, -0.2) is 41.8 Å². The van der Waals surface area contributed by atoms with Gasteiger partial charge in [0.25, 0.3) is 0 Å². The SMILES string of the molecule is Cl.O=C(O)[C@H]1CCCN1Cc1cc2c(cc1Br)OCCO2. The molecule has 0 bridgehead atoms. The van der Waals surface area contributed by atoms with Crippen LogP contribution in [0.15, 0.2) is 16.6 Å². The molecule has 0 amide bonds. The molecule has 0 spiro atoms. The molecule has 1 aromatic carbocycles. The minimum Gasteiger partial charge on any atom is -0.486 e. The van der Waals surface area contributed by atoms with E-state index in [-0.39, 0.29) is 18.4 Å². The summed E-state index contributed by atoms with van der Waals surface area (Å²) in [5.74, 6) is 0.736. The van der Waals surface area contributed by atoms with Gasteiger partial charge in [0.15, 0.2) is 11.5 Å². The Morgan fingerprint density at radius 1 is 1.33 bits per heavy atom. The van der Waals surface area contributed by atoms with Crippen molar-refractivity contribution >= 4 is 34.3 Å². The molecular formula is C14H17BrClNO4. The average Bonchev–Trinajstić information content (AvgIpc) is 2.88. The lowest BCUT2D eigenvalue weighted by molar-refractivity contribution is -0.142. The quantitative estimate of drug-likeness (QED) is 0.876. The van der Waals surface area contributed by atoms with Gasteiger partial charge in [-0.15, -0.1) is 12.4 Å². The van der Waals surface area contributed by atoms with Gasteiger partial charge in [-0.1, -0.05) is 15.9 Å². The molecule has 1 atom stereocenters. The molecule has 5 nitrogen and oxygen atoms in total.